The van der Waals surface area contributed by atoms with E-state index in [-0.39, 0.29) is 11.9 Å². The van der Waals surface area contributed by atoms with Gasteiger partial charge in [-0.25, -0.2) is 0 Å². The molecule has 0 radical (unpaired) electrons. The first kappa shape index (κ1) is 19.5. The molecule has 1 fully saturated rings. The number of nitrogens with zero attached hydrogens (tertiary/aromatic N) is 2. The highest BCUT2D eigenvalue weighted by atomic mass is 32.1. The van der Waals surface area contributed by atoms with Crippen molar-refractivity contribution in [2.45, 2.75) is 25.6 Å². The summed E-state index contributed by atoms with van der Waals surface area (Å²) in [6.45, 7) is 3.97. The van der Waals surface area contributed by atoms with Crippen LogP contribution in [0.25, 0.3) is 0 Å². The maximum Gasteiger partial charge on any atom is 0.233 e. The van der Waals surface area contributed by atoms with Gasteiger partial charge < -0.3 is 19.7 Å². The molecule has 2 heterocycles. The van der Waals surface area contributed by atoms with Gasteiger partial charge >= 0.3 is 0 Å². The number of hydrogen-bond acceptors (Lipinski definition) is 4. The van der Waals surface area contributed by atoms with Crippen LogP contribution in [-0.4, -0.2) is 42.8 Å². The Labute approximate surface area is 176 Å². The molecule has 1 saturated heterocycles. The molecule has 1 N–H and O–H groups in total. The van der Waals surface area contributed by atoms with Crippen LogP contribution in [0, 0.1) is 12.8 Å². The smallest absolute Gasteiger partial charge is 0.233 e. The van der Waals surface area contributed by atoms with Gasteiger partial charge in [0, 0.05) is 25.3 Å². The molecule has 4 rings (SSSR count). The molecule has 2 aliphatic rings. The number of benzene rings is 2. The van der Waals surface area contributed by atoms with E-state index in [9.17, 15) is 4.79 Å². The number of carbonyl (C=O) groups excluding carboxylic acids is 1. The molecule has 2 aliphatic heterocycles. The van der Waals surface area contributed by atoms with Crippen LogP contribution < -0.4 is 19.7 Å². The number of ether oxygens (including phenoxy) is 2. The van der Waals surface area contributed by atoms with E-state index >= 15 is 0 Å². The molecule has 29 heavy (non-hydrogen) atoms. The second-order valence-electron chi connectivity index (χ2n) is 7.82. The monoisotopic (exact) mass is 411 g/mol. The summed E-state index contributed by atoms with van der Waals surface area (Å²) in [5.74, 6) is 0.888. The van der Waals surface area contributed by atoms with E-state index in [2.05, 4.69) is 5.32 Å². The van der Waals surface area contributed by atoms with Gasteiger partial charge in [-0.15, -0.1) is 0 Å². The first-order valence-corrected chi connectivity index (χ1v) is 9.93. The minimum absolute atomic E-state index is 0.0282. The Kier molecular flexibility index (Phi) is 4.65. The van der Waals surface area contributed by atoms with Crippen molar-refractivity contribution in [2.75, 3.05) is 26.1 Å². The zero-order valence-electron chi connectivity index (χ0n) is 17.2. The van der Waals surface area contributed by atoms with Crippen LogP contribution in [0.5, 0.6) is 11.5 Å². The second kappa shape index (κ2) is 6.91. The van der Waals surface area contributed by atoms with E-state index in [0.717, 1.165) is 22.6 Å². The lowest BCUT2D eigenvalue weighted by atomic mass is 9.78. The van der Waals surface area contributed by atoms with Gasteiger partial charge in [0.1, 0.15) is 17.4 Å². The molecule has 3 atom stereocenters. The van der Waals surface area contributed by atoms with Crippen LogP contribution in [0.1, 0.15) is 24.1 Å². The Hall–Kier alpha value is -2.80. The molecule has 152 valence electrons. The van der Waals surface area contributed by atoms with Crippen molar-refractivity contribution >= 4 is 28.9 Å². The molecule has 0 unspecified atom stereocenters. The average molecular weight is 412 g/mol. The second-order valence-corrected chi connectivity index (χ2v) is 8.21. The fourth-order valence-corrected chi connectivity index (χ4v) is 4.73. The van der Waals surface area contributed by atoms with E-state index in [1.807, 2.05) is 61.2 Å². The van der Waals surface area contributed by atoms with E-state index < -0.39 is 11.6 Å². The van der Waals surface area contributed by atoms with Crippen LogP contribution in [0.15, 0.2) is 42.5 Å². The van der Waals surface area contributed by atoms with Gasteiger partial charge in [-0.3, -0.25) is 9.69 Å². The lowest BCUT2D eigenvalue weighted by Crippen LogP contribution is -2.72. The van der Waals surface area contributed by atoms with Crippen molar-refractivity contribution in [3.05, 3.63) is 53.6 Å². The molecule has 2 bridgehead atoms. The van der Waals surface area contributed by atoms with E-state index in [1.165, 1.54) is 0 Å². The van der Waals surface area contributed by atoms with E-state index in [0.29, 0.717) is 10.9 Å². The maximum atomic E-state index is 13.4. The molecular weight excluding hydrogens is 386 g/mol. The zero-order chi connectivity index (χ0) is 20.9. The number of rotatable bonds is 3. The van der Waals surface area contributed by atoms with Gasteiger partial charge in [-0.1, -0.05) is 18.2 Å². The fourth-order valence-electron chi connectivity index (χ4n) is 4.32. The predicted octanol–water partition coefficient (Wildman–Crippen LogP) is 3.25. The number of amides is 1. The average Bonchev–Trinajstić information content (AvgIpc) is 2.68. The Balaban J connectivity index is 1.93. The maximum absolute atomic E-state index is 13.4. The molecular formula is C22H25N3O3S. The Morgan fingerprint density at radius 1 is 1.28 bits per heavy atom. The van der Waals surface area contributed by atoms with Crippen LogP contribution in [-0.2, 0) is 4.79 Å². The van der Waals surface area contributed by atoms with Gasteiger partial charge in [-0.2, -0.15) is 0 Å². The highest BCUT2D eigenvalue weighted by Gasteiger charge is 2.59. The molecule has 2 aromatic carbocycles. The number of thiocarbonyl (C=S) groups is 1. The quantitative estimate of drug-likeness (QED) is 0.783. The first-order chi connectivity index (χ1) is 13.8. The van der Waals surface area contributed by atoms with Gasteiger partial charge in [-0.05, 0) is 55.9 Å². The van der Waals surface area contributed by atoms with Crippen molar-refractivity contribution < 1.29 is 14.3 Å². The molecule has 0 aliphatic carbocycles. The summed E-state index contributed by atoms with van der Waals surface area (Å²) in [4.78, 5) is 16.9. The van der Waals surface area contributed by atoms with Crippen molar-refractivity contribution in [2.24, 2.45) is 5.92 Å². The number of anilines is 1. The van der Waals surface area contributed by atoms with Crippen LogP contribution in [0.4, 0.5) is 5.69 Å². The Morgan fingerprint density at radius 2 is 2.00 bits per heavy atom. The van der Waals surface area contributed by atoms with Crippen molar-refractivity contribution in [3.8, 4) is 11.5 Å². The van der Waals surface area contributed by atoms with Gasteiger partial charge in [0.25, 0.3) is 0 Å². The van der Waals surface area contributed by atoms with Crippen LogP contribution in [0.2, 0.25) is 0 Å². The van der Waals surface area contributed by atoms with E-state index in [1.54, 1.807) is 26.1 Å². The topological polar surface area (TPSA) is 54.0 Å². The predicted molar refractivity (Wildman–Crippen MR) is 116 cm³/mol. The summed E-state index contributed by atoms with van der Waals surface area (Å²) in [6.07, 6.45) is 0. The SMILES string of the molecule is COc1ccc2c(c1)[C@H]1NC(=S)N(c3ccccc3C)[C@@](C)(O2)[C@@H]1C(=O)N(C)C. The molecule has 1 amide bonds. The lowest BCUT2D eigenvalue weighted by Gasteiger charge is -2.56. The summed E-state index contributed by atoms with van der Waals surface area (Å²) in [5, 5.41) is 3.95. The normalized spacial score (nSPS) is 24.9. The molecule has 7 heteroatoms. The van der Waals surface area contributed by atoms with Crippen LogP contribution in [0.3, 0.4) is 0 Å². The van der Waals surface area contributed by atoms with Crippen molar-refractivity contribution in [1.29, 1.82) is 0 Å². The highest BCUT2D eigenvalue weighted by Crippen LogP contribution is 2.51. The minimum Gasteiger partial charge on any atom is -0.497 e. The number of aryl methyl sites for hydroxylation is 1. The number of fused-ring (bicyclic) bond motifs is 4. The molecule has 2 aromatic rings. The number of hydrogen-bond donors (Lipinski definition) is 1. The van der Waals surface area contributed by atoms with Gasteiger partial charge in [0.15, 0.2) is 10.8 Å². The van der Waals surface area contributed by atoms with Crippen molar-refractivity contribution in [3.63, 3.8) is 0 Å². The van der Waals surface area contributed by atoms with Gasteiger partial charge in [0.05, 0.1) is 13.2 Å². The van der Waals surface area contributed by atoms with E-state index in [4.69, 9.17) is 21.7 Å². The Morgan fingerprint density at radius 3 is 2.66 bits per heavy atom. The standard InChI is InChI=1S/C22H25N3O3S/c1-13-8-6-7-9-16(13)25-21(29)23-19-15-12-14(27-5)10-11-17(15)28-22(25,2)18(19)20(26)24(3)4/h6-12,18-19H,1-5H3,(H,23,29)/t18-,19+,22-/m0/s1. The first-order valence-electron chi connectivity index (χ1n) is 9.52. The number of carbonyl (C=O) groups is 1. The van der Waals surface area contributed by atoms with Gasteiger partial charge in [0.2, 0.25) is 5.91 Å². The zero-order valence-corrected chi connectivity index (χ0v) is 18.0. The summed E-state index contributed by atoms with van der Waals surface area (Å²) < 4.78 is 12.0. The minimum atomic E-state index is -0.984. The number of para-hydroxylation sites is 1. The summed E-state index contributed by atoms with van der Waals surface area (Å²) in [5.41, 5.74) is 1.85. The third kappa shape index (κ3) is 2.92. The molecule has 0 spiro atoms. The lowest BCUT2D eigenvalue weighted by molar-refractivity contribution is -0.144. The molecule has 0 saturated carbocycles. The summed E-state index contributed by atoms with van der Waals surface area (Å²) in [6, 6.07) is 13.3. The number of nitrogens with one attached hydrogen (secondary N) is 1. The molecule has 0 aromatic heterocycles. The third-order valence-corrected chi connectivity index (χ3v) is 6.07. The Bertz CT molecular complexity index is 993. The van der Waals surface area contributed by atoms with Crippen molar-refractivity contribution in [1.82, 2.24) is 10.2 Å². The van der Waals surface area contributed by atoms with Crippen LogP contribution >= 0.6 is 12.2 Å². The summed E-state index contributed by atoms with van der Waals surface area (Å²) >= 11 is 5.77. The fraction of sp³-hybridized carbons (Fsp3) is 0.364. The largest absolute Gasteiger partial charge is 0.497 e. The summed E-state index contributed by atoms with van der Waals surface area (Å²) in [7, 11) is 5.15. The third-order valence-electron chi connectivity index (χ3n) is 5.77. The highest BCUT2D eigenvalue weighted by molar-refractivity contribution is 7.80. The molecule has 6 nitrogen and oxygen atoms in total. The number of methoxy groups -OCH3 is 1.